The molecule has 1 unspecified atom stereocenters. The highest BCUT2D eigenvalue weighted by atomic mass is 32.1. The minimum absolute atomic E-state index is 0.0311. The molecule has 0 amide bonds. The maximum atomic E-state index is 5.64. The molecule has 1 aliphatic carbocycles. The molecule has 3 rings (SSSR count). The zero-order chi connectivity index (χ0) is 15.3. The van der Waals surface area contributed by atoms with Gasteiger partial charge in [0.15, 0.2) is 5.13 Å². The van der Waals surface area contributed by atoms with Gasteiger partial charge in [0, 0.05) is 17.5 Å². The van der Waals surface area contributed by atoms with Crippen LogP contribution in [-0.2, 0) is 11.2 Å². The maximum Gasteiger partial charge on any atom is 0.186 e. The summed E-state index contributed by atoms with van der Waals surface area (Å²) in [5.41, 5.74) is 1.66. The van der Waals surface area contributed by atoms with Crippen molar-refractivity contribution in [3.05, 3.63) is 10.6 Å². The standard InChI is InChI=1S/C16H27N3OS/c1-15(2)8-11(17-5)13-12(9-15)18-14(21-13)19-6-7-20-10-16(19,3)4/h11,17H,6-10H2,1-5H3. The summed E-state index contributed by atoms with van der Waals surface area (Å²) in [5.74, 6) is 0. The Kier molecular flexibility index (Phi) is 3.79. The average Bonchev–Trinajstić information content (AvgIpc) is 2.78. The molecule has 1 aromatic rings. The van der Waals surface area contributed by atoms with Gasteiger partial charge < -0.3 is 15.0 Å². The van der Waals surface area contributed by atoms with Crippen molar-refractivity contribution in [1.29, 1.82) is 0 Å². The quantitative estimate of drug-likeness (QED) is 0.911. The molecule has 1 N–H and O–H groups in total. The monoisotopic (exact) mass is 309 g/mol. The van der Waals surface area contributed by atoms with E-state index in [1.807, 2.05) is 11.3 Å². The zero-order valence-corrected chi connectivity index (χ0v) is 14.6. The molecule has 0 bridgehead atoms. The Labute approximate surface area is 131 Å². The normalized spacial score (nSPS) is 27.5. The van der Waals surface area contributed by atoms with Gasteiger partial charge >= 0.3 is 0 Å². The lowest BCUT2D eigenvalue weighted by atomic mass is 9.76. The van der Waals surface area contributed by atoms with Crippen LogP contribution in [0.4, 0.5) is 5.13 Å². The lowest BCUT2D eigenvalue weighted by Crippen LogP contribution is -2.53. The Bertz CT molecular complexity index is 524. The fraction of sp³-hybridized carbons (Fsp3) is 0.812. The highest BCUT2D eigenvalue weighted by Crippen LogP contribution is 2.45. The third-order valence-corrected chi connectivity index (χ3v) is 5.89. The third-order valence-electron chi connectivity index (χ3n) is 4.66. The van der Waals surface area contributed by atoms with E-state index in [-0.39, 0.29) is 5.54 Å². The van der Waals surface area contributed by atoms with Crippen LogP contribution in [0.1, 0.15) is 50.7 Å². The van der Waals surface area contributed by atoms with Crippen LogP contribution in [0, 0.1) is 5.41 Å². The van der Waals surface area contributed by atoms with Crippen LogP contribution < -0.4 is 10.2 Å². The van der Waals surface area contributed by atoms with Gasteiger partial charge in [-0.05, 0) is 39.2 Å². The van der Waals surface area contributed by atoms with E-state index >= 15 is 0 Å². The van der Waals surface area contributed by atoms with Gasteiger partial charge in [0.2, 0.25) is 0 Å². The number of ether oxygens (including phenoxy) is 1. The van der Waals surface area contributed by atoms with Crippen molar-refractivity contribution in [2.24, 2.45) is 5.41 Å². The fourth-order valence-corrected chi connectivity index (χ4v) is 4.86. The van der Waals surface area contributed by atoms with Crippen molar-refractivity contribution in [1.82, 2.24) is 10.3 Å². The Morgan fingerprint density at radius 3 is 2.76 bits per heavy atom. The highest BCUT2D eigenvalue weighted by molar-refractivity contribution is 7.15. The number of hydrogen-bond acceptors (Lipinski definition) is 5. The maximum absolute atomic E-state index is 5.64. The van der Waals surface area contributed by atoms with E-state index in [1.54, 1.807) is 0 Å². The van der Waals surface area contributed by atoms with Gasteiger partial charge in [-0.2, -0.15) is 0 Å². The second-order valence-corrected chi connectivity index (χ2v) is 8.72. The second kappa shape index (κ2) is 5.21. The van der Waals surface area contributed by atoms with Gasteiger partial charge in [-0.15, -0.1) is 0 Å². The Morgan fingerprint density at radius 2 is 2.10 bits per heavy atom. The SMILES string of the molecule is CNC1CC(C)(C)Cc2nc(N3CCOCC3(C)C)sc21. The summed E-state index contributed by atoms with van der Waals surface area (Å²) in [6.07, 6.45) is 2.27. The number of aromatic nitrogens is 1. The summed E-state index contributed by atoms with van der Waals surface area (Å²) in [7, 11) is 2.06. The van der Waals surface area contributed by atoms with Gasteiger partial charge in [-0.3, -0.25) is 0 Å². The molecular weight excluding hydrogens is 282 g/mol. The van der Waals surface area contributed by atoms with Crippen molar-refractivity contribution in [2.45, 2.75) is 52.1 Å². The fourth-order valence-electron chi connectivity index (χ4n) is 3.48. The first-order chi connectivity index (χ1) is 9.82. The van der Waals surface area contributed by atoms with Crippen LogP contribution in [0.2, 0.25) is 0 Å². The predicted molar refractivity (Wildman–Crippen MR) is 88.3 cm³/mol. The molecule has 2 heterocycles. The second-order valence-electron chi connectivity index (χ2n) is 7.71. The van der Waals surface area contributed by atoms with E-state index in [2.05, 4.69) is 45.0 Å². The minimum Gasteiger partial charge on any atom is -0.377 e. The molecule has 1 saturated heterocycles. The van der Waals surface area contributed by atoms with Crippen molar-refractivity contribution in [2.75, 3.05) is 31.7 Å². The molecule has 0 saturated carbocycles. The molecule has 0 radical (unpaired) electrons. The van der Waals surface area contributed by atoms with Crippen LogP contribution >= 0.6 is 11.3 Å². The van der Waals surface area contributed by atoms with E-state index in [0.29, 0.717) is 11.5 Å². The van der Waals surface area contributed by atoms with Crippen LogP contribution in [0.25, 0.3) is 0 Å². The number of nitrogens with zero attached hydrogens (tertiary/aromatic N) is 2. The first kappa shape index (κ1) is 15.3. The molecule has 1 aliphatic heterocycles. The molecule has 0 spiro atoms. The van der Waals surface area contributed by atoms with Crippen molar-refractivity contribution in [3.8, 4) is 0 Å². The van der Waals surface area contributed by atoms with Crippen LogP contribution in [0.5, 0.6) is 0 Å². The first-order valence-corrected chi connectivity index (χ1v) is 8.66. The van der Waals surface area contributed by atoms with Gasteiger partial charge in [-0.1, -0.05) is 25.2 Å². The van der Waals surface area contributed by atoms with Gasteiger partial charge in [-0.25, -0.2) is 4.98 Å². The largest absolute Gasteiger partial charge is 0.377 e. The molecule has 1 aromatic heterocycles. The lowest BCUT2D eigenvalue weighted by Gasteiger charge is -2.42. The van der Waals surface area contributed by atoms with Gasteiger partial charge in [0.25, 0.3) is 0 Å². The van der Waals surface area contributed by atoms with Crippen LogP contribution in [0.3, 0.4) is 0 Å². The number of nitrogens with one attached hydrogen (secondary N) is 1. The van der Waals surface area contributed by atoms with E-state index in [1.165, 1.54) is 22.1 Å². The van der Waals surface area contributed by atoms with Crippen molar-refractivity contribution in [3.63, 3.8) is 0 Å². The minimum atomic E-state index is 0.0311. The smallest absolute Gasteiger partial charge is 0.186 e. The number of hydrogen-bond donors (Lipinski definition) is 1. The molecule has 5 heteroatoms. The number of rotatable bonds is 2. The molecular formula is C16H27N3OS. The summed E-state index contributed by atoms with van der Waals surface area (Å²) in [5, 5.41) is 4.65. The summed E-state index contributed by atoms with van der Waals surface area (Å²) in [6, 6.07) is 0.444. The molecule has 4 nitrogen and oxygen atoms in total. The van der Waals surface area contributed by atoms with Crippen LogP contribution in [0.15, 0.2) is 0 Å². The number of thiazole rings is 1. The van der Waals surface area contributed by atoms with Crippen molar-refractivity contribution >= 4 is 16.5 Å². The summed E-state index contributed by atoms with van der Waals surface area (Å²) in [6.45, 7) is 11.7. The number of fused-ring (bicyclic) bond motifs is 1. The zero-order valence-electron chi connectivity index (χ0n) is 13.8. The predicted octanol–water partition coefficient (Wildman–Crippen LogP) is 2.99. The molecule has 1 fully saturated rings. The molecule has 0 aromatic carbocycles. The summed E-state index contributed by atoms with van der Waals surface area (Å²) < 4.78 is 5.64. The lowest BCUT2D eigenvalue weighted by molar-refractivity contribution is 0.0643. The van der Waals surface area contributed by atoms with E-state index in [4.69, 9.17) is 9.72 Å². The first-order valence-electron chi connectivity index (χ1n) is 7.85. The Morgan fingerprint density at radius 1 is 1.33 bits per heavy atom. The molecule has 21 heavy (non-hydrogen) atoms. The number of morpholine rings is 1. The van der Waals surface area contributed by atoms with Crippen LogP contribution in [-0.4, -0.2) is 37.3 Å². The van der Waals surface area contributed by atoms with Gasteiger partial charge in [0.05, 0.1) is 24.4 Å². The van der Waals surface area contributed by atoms with E-state index in [0.717, 1.165) is 26.2 Å². The highest BCUT2D eigenvalue weighted by Gasteiger charge is 2.38. The average molecular weight is 309 g/mol. The topological polar surface area (TPSA) is 37.4 Å². The third kappa shape index (κ3) is 2.83. The Hall–Kier alpha value is -0.650. The Balaban J connectivity index is 1.95. The molecule has 1 atom stereocenters. The number of anilines is 1. The van der Waals surface area contributed by atoms with E-state index < -0.39 is 0 Å². The van der Waals surface area contributed by atoms with E-state index in [9.17, 15) is 0 Å². The summed E-state index contributed by atoms with van der Waals surface area (Å²) in [4.78, 5) is 8.88. The molecule has 2 aliphatic rings. The molecule has 118 valence electrons. The van der Waals surface area contributed by atoms with Gasteiger partial charge in [0.1, 0.15) is 0 Å². The summed E-state index contributed by atoms with van der Waals surface area (Å²) >= 11 is 1.87. The van der Waals surface area contributed by atoms with Crippen molar-refractivity contribution < 1.29 is 4.74 Å².